The molecule has 0 aliphatic carbocycles. The third-order valence-corrected chi connectivity index (χ3v) is 4.77. The number of benzene rings is 1. The van der Waals surface area contributed by atoms with Crippen LogP contribution in [0.3, 0.4) is 0 Å². The molecule has 1 aromatic carbocycles. The van der Waals surface area contributed by atoms with Crippen molar-refractivity contribution in [1.82, 2.24) is 10.2 Å². The summed E-state index contributed by atoms with van der Waals surface area (Å²) in [7, 11) is 1.85. The molecule has 20 heavy (non-hydrogen) atoms. The Morgan fingerprint density at radius 2 is 2.00 bits per heavy atom. The number of nitrogens with one attached hydrogen (secondary N) is 1. The van der Waals surface area contributed by atoms with E-state index in [9.17, 15) is 4.79 Å². The van der Waals surface area contributed by atoms with Gasteiger partial charge < -0.3 is 10.2 Å². The zero-order valence-electron chi connectivity index (χ0n) is 11.4. The summed E-state index contributed by atoms with van der Waals surface area (Å²) < 4.78 is 0. The van der Waals surface area contributed by atoms with Crippen molar-refractivity contribution in [2.75, 3.05) is 7.05 Å². The van der Waals surface area contributed by atoms with Crippen molar-refractivity contribution in [1.29, 1.82) is 0 Å². The van der Waals surface area contributed by atoms with Crippen LogP contribution in [0.15, 0.2) is 18.2 Å². The van der Waals surface area contributed by atoms with E-state index in [2.05, 4.69) is 5.32 Å². The Morgan fingerprint density at radius 3 is 2.55 bits per heavy atom. The molecule has 2 aliphatic heterocycles. The molecule has 3 unspecified atom stereocenters. The van der Waals surface area contributed by atoms with E-state index in [1.807, 2.05) is 19.2 Å². The molecule has 2 bridgehead atoms. The number of hydrogen-bond donors (Lipinski definition) is 1. The Balaban J connectivity index is 1.66. The van der Waals surface area contributed by atoms with Gasteiger partial charge in [0.15, 0.2) is 0 Å². The standard InChI is InChI=1S/C15H18Cl2N2O/c1-19(8-9-4-10(16)6-11(17)5-9)15(20)13-7-12-2-3-14(13)18-12/h4-6,12-14,18H,2-3,7-8H2,1H3. The van der Waals surface area contributed by atoms with Gasteiger partial charge in [-0.3, -0.25) is 4.79 Å². The Morgan fingerprint density at radius 1 is 1.30 bits per heavy atom. The van der Waals surface area contributed by atoms with E-state index in [0.717, 1.165) is 18.4 Å². The summed E-state index contributed by atoms with van der Waals surface area (Å²) in [5.41, 5.74) is 0.967. The van der Waals surface area contributed by atoms with E-state index in [0.29, 0.717) is 28.7 Å². The zero-order chi connectivity index (χ0) is 14.3. The molecule has 0 aromatic heterocycles. The molecule has 3 atom stereocenters. The lowest BCUT2D eigenvalue weighted by molar-refractivity contribution is -0.135. The maximum Gasteiger partial charge on any atom is 0.227 e. The minimum Gasteiger partial charge on any atom is -0.341 e. The van der Waals surface area contributed by atoms with E-state index in [-0.39, 0.29) is 11.8 Å². The molecule has 108 valence electrons. The van der Waals surface area contributed by atoms with Crippen LogP contribution in [0.5, 0.6) is 0 Å². The third-order valence-electron chi connectivity index (χ3n) is 4.34. The highest BCUT2D eigenvalue weighted by atomic mass is 35.5. The molecule has 0 radical (unpaired) electrons. The van der Waals surface area contributed by atoms with Gasteiger partial charge in [-0.15, -0.1) is 0 Å². The molecule has 0 spiro atoms. The van der Waals surface area contributed by atoms with E-state index >= 15 is 0 Å². The first-order chi connectivity index (χ1) is 9.52. The predicted molar refractivity (Wildman–Crippen MR) is 81.0 cm³/mol. The summed E-state index contributed by atoms with van der Waals surface area (Å²) >= 11 is 12.0. The number of carbonyl (C=O) groups excluding carboxylic acids is 1. The monoisotopic (exact) mass is 312 g/mol. The minimum absolute atomic E-state index is 0.133. The smallest absolute Gasteiger partial charge is 0.227 e. The van der Waals surface area contributed by atoms with Crippen LogP contribution in [0.1, 0.15) is 24.8 Å². The lowest BCUT2D eigenvalue weighted by Crippen LogP contribution is -2.38. The van der Waals surface area contributed by atoms with Gasteiger partial charge in [-0.05, 0) is 43.0 Å². The average molecular weight is 313 g/mol. The van der Waals surface area contributed by atoms with Gasteiger partial charge in [-0.2, -0.15) is 0 Å². The fourth-order valence-electron chi connectivity index (χ4n) is 3.43. The van der Waals surface area contributed by atoms with Crippen LogP contribution in [0.4, 0.5) is 0 Å². The second kappa shape index (κ2) is 5.55. The predicted octanol–water partition coefficient (Wildman–Crippen LogP) is 3.09. The topological polar surface area (TPSA) is 32.3 Å². The lowest BCUT2D eigenvalue weighted by atomic mass is 9.88. The summed E-state index contributed by atoms with van der Waals surface area (Å²) in [6.45, 7) is 0.549. The van der Waals surface area contributed by atoms with Crippen molar-refractivity contribution < 1.29 is 4.79 Å². The van der Waals surface area contributed by atoms with E-state index in [4.69, 9.17) is 23.2 Å². The Hall–Kier alpha value is -0.770. The molecular formula is C15H18Cl2N2O. The number of halogens is 2. The fourth-order valence-corrected chi connectivity index (χ4v) is 4.01. The van der Waals surface area contributed by atoms with Crippen LogP contribution in [-0.2, 0) is 11.3 Å². The first-order valence-corrected chi connectivity index (χ1v) is 7.74. The molecule has 2 aliphatic rings. The zero-order valence-corrected chi connectivity index (χ0v) is 12.9. The van der Waals surface area contributed by atoms with E-state index in [1.165, 1.54) is 6.42 Å². The van der Waals surface area contributed by atoms with Crippen molar-refractivity contribution in [2.24, 2.45) is 5.92 Å². The average Bonchev–Trinajstić information content (AvgIpc) is 2.98. The first-order valence-electron chi connectivity index (χ1n) is 6.99. The maximum absolute atomic E-state index is 12.5. The highest BCUT2D eigenvalue weighted by Crippen LogP contribution is 2.34. The van der Waals surface area contributed by atoms with Crippen LogP contribution in [-0.4, -0.2) is 29.9 Å². The molecule has 5 heteroatoms. The molecule has 1 N–H and O–H groups in total. The molecule has 3 rings (SSSR count). The van der Waals surface area contributed by atoms with Crippen LogP contribution < -0.4 is 5.32 Å². The summed E-state index contributed by atoms with van der Waals surface area (Å²) in [5, 5.41) is 4.72. The van der Waals surface area contributed by atoms with Gasteiger partial charge >= 0.3 is 0 Å². The summed E-state index contributed by atoms with van der Waals surface area (Å²) in [6.07, 6.45) is 3.31. The van der Waals surface area contributed by atoms with Crippen LogP contribution in [0, 0.1) is 5.92 Å². The van der Waals surface area contributed by atoms with Gasteiger partial charge in [0.1, 0.15) is 0 Å². The largest absolute Gasteiger partial charge is 0.341 e. The Labute approximate surface area is 129 Å². The highest BCUT2D eigenvalue weighted by molar-refractivity contribution is 6.34. The molecule has 2 fully saturated rings. The maximum atomic E-state index is 12.5. The SMILES string of the molecule is CN(Cc1cc(Cl)cc(Cl)c1)C(=O)C1CC2CCC1N2. The summed E-state index contributed by atoms with van der Waals surface area (Å²) in [6, 6.07) is 6.33. The minimum atomic E-state index is 0.133. The van der Waals surface area contributed by atoms with Crippen molar-refractivity contribution in [3.05, 3.63) is 33.8 Å². The van der Waals surface area contributed by atoms with Gasteiger partial charge in [0.2, 0.25) is 5.91 Å². The number of rotatable bonds is 3. The van der Waals surface area contributed by atoms with Gasteiger partial charge in [-0.25, -0.2) is 0 Å². The van der Waals surface area contributed by atoms with Crippen LogP contribution in [0.25, 0.3) is 0 Å². The second-order valence-corrected chi connectivity index (χ2v) is 6.73. The number of nitrogens with zero attached hydrogens (tertiary/aromatic N) is 1. The lowest BCUT2D eigenvalue weighted by Gasteiger charge is -2.25. The highest BCUT2D eigenvalue weighted by Gasteiger charge is 2.43. The second-order valence-electron chi connectivity index (χ2n) is 5.86. The quantitative estimate of drug-likeness (QED) is 0.930. The van der Waals surface area contributed by atoms with Gasteiger partial charge in [0, 0.05) is 35.7 Å². The van der Waals surface area contributed by atoms with Gasteiger partial charge in [0.05, 0.1) is 5.92 Å². The van der Waals surface area contributed by atoms with Crippen LogP contribution >= 0.6 is 23.2 Å². The van der Waals surface area contributed by atoms with Gasteiger partial charge in [0.25, 0.3) is 0 Å². The fraction of sp³-hybridized carbons (Fsp3) is 0.533. The van der Waals surface area contributed by atoms with Crippen molar-refractivity contribution in [2.45, 2.75) is 37.9 Å². The first kappa shape index (κ1) is 14.2. The number of carbonyl (C=O) groups is 1. The number of amides is 1. The van der Waals surface area contributed by atoms with Gasteiger partial charge in [-0.1, -0.05) is 23.2 Å². The summed E-state index contributed by atoms with van der Waals surface area (Å²) in [5.74, 6) is 0.356. The van der Waals surface area contributed by atoms with E-state index in [1.54, 1.807) is 11.0 Å². The number of hydrogen-bond acceptors (Lipinski definition) is 2. The van der Waals surface area contributed by atoms with Crippen molar-refractivity contribution >= 4 is 29.1 Å². The Bertz CT molecular complexity index is 514. The van der Waals surface area contributed by atoms with Crippen molar-refractivity contribution in [3.63, 3.8) is 0 Å². The Kier molecular flexibility index (Phi) is 3.93. The molecule has 0 saturated carbocycles. The van der Waals surface area contributed by atoms with Crippen LogP contribution in [0.2, 0.25) is 10.0 Å². The molecule has 3 nitrogen and oxygen atoms in total. The summed E-state index contributed by atoms with van der Waals surface area (Å²) in [4.78, 5) is 14.3. The molecule has 1 aromatic rings. The normalized spacial score (nSPS) is 27.9. The third kappa shape index (κ3) is 2.80. The number of fused-ring (bicyclic) bond motifs is 2. The van der Waals surface area contributed by atoms with Crippen molar-refractivity contribution in [3.8, 4) is 0 Å². The molecule has 2 saturated heterocycles. The molecule has 1 amide bonds. The van der Waals surface area contributed by atoms with E-state index < -0.39 is 0 Å². The molecular weight excluding hydrogens is 295 g/mol. The molecule has 2 heterocycles.